The summed E-state index contributed by atoms with van der Waals surface area (Å²) in [5, 5.41) is 3.57. The third kappa shape index (κ3) is 3.54. The Hall–Kier alpha value is -2.33. The highest BCUT2D eigenvalue weighted by atomic mass is 16.5. The molecule has 0 spiro atoms. The predicted octanol–water partition coefficient (Wildman–Crippen LogP) is 4.10. The Morgan fingerprint density at radius 2 is 2.04 bits per heavy atom. The van der Waals surface area contributed by atoms with Gasteiger partial charge in [-0.25, -0.2) is 4.98 Å². The summed E-state index contributed by atoms with van der Waals surface area (Å²) in [6.45, 7) is 5.66. The van der Waals surface area contributed by atoms with Crippen molar-refractivity contribution < 1.29 is 4.74 Å². The van der Waals surface area contributed by atoms with Gasteiger partial charge in [-0.05, 0) is 36.1 Å². The molecule has 0 bridgehead atoms. The first-order valence-electron chi connectivity index (χ1n) is 9.18. The lowest BCUT2D eigenvalue weighted by Gasteiger charge is -2.13. The predicted molar refractivity (Wildman–Crippen MR) is 102 cm³/mol. The van der Waals surface area contributed by atoms with E-state index in [-0.39, 0.29) is 0 Å². The molecular formula is C21H25N3O. The molecule has 0 radical (unpaired) electrons. The molecule has 2 aromatic carbocycles. The number of hydrogen-bond donors (Lipinski definition) is 1. The SMILES string of the molecule is CCc1ccc2c(c1)nc(NCC1CCOC1)n2Cc1ccccc1. The van der Waals surface area contributed by atoms with Crippen molar-refractivity contribution in [3.8, 4) is 0 Å². The second kappa shape index (κ2) is 7.28. The summed E-state index contributed by atoms with van der Waals surface area (Å²) >= 11 is 0. The Kier molecular flexibility index (Phi) is 4.70. The van der Waals surface area contributed by atoms with Gasteiger partial charge in [0, 0.05) is 19.1 Å². The average molecular weight is 335 g/mol. The molecular weight excluding hydrogens is 310 g/mol. The fraction of sp³-hybridized carbons (Fsp3) is 0.381. The Balaban J connectivity index is 1.66. The van der Waals surface area contributed by atoms with Crippen molar-refractivity contribution in [1.82, 2.24) is 9.55 Å². The van der Waals surface area contributed by atoms with Crippen LogP contribution in [0.1, 0.15) is 24.5 Å². The summed E-state index contributed by atoms with van der Waals surface area (Å²) in [5.41, 5.74) is 4.87. The number of aromatic nitrogens is 2. The normalized spacial score (nSPS) is 17.2. The number of anilines is 1. The molecule has 130 valence electrons. The molecule has 1 N–H and O–H groups in total. The summed E-state index contributed by atoms with van der Waals surface area (Å²) in [6, 6.07) is 17.2. The maximum Gasteiger partial charge on any atom is 0.204 e. The molecule has 0 aliphatic carbocycles. The molecule has 4 nitrogen and oxygen atoms in total. The van der Waals surface area contributed by atoms with Crippen LogP contribution in [-0.2, 0) is 17.7 Å². The van der Waals surface area contributed by atoms with Gasteiger partial charge in [0.2, 0.25) is 5.95 Å². The first-order valence-corrected chi connectivity index (χ1v) is 9.18. The largest absolute Gasteiger partial charge is 0.381 e. The van der Waals surface area contributed by atoms with Gasteiger partial charge >= 0.3 is 0 Å². The number of rotatable bonds is 6. The maximum atomic E-state index is 5.49. The first kappa shape index (κ1) is 16.2. The highest BCUT2D eigenvalue weighted by molar-refractivity contribution is 5.79. The molecule has 1 fully saturated rings. The van der Waals surface area contributed by atoms with Crippen molar-refractivity contribution in [2.45, 2.75) is 26.3 Å². The van der Waals surface area contributed by atoms with Gasteiger partial charge in [-0.15, -0.1) is 0 Å². The fourth-order valence-electron chi connectivity index (χ4n) is 3.44. The second-order valence-corrected chi connectivity index (χ2v) is 6.79. The van der Waals surface area contributed by atoms with E-state index in [0.29, 0.717) is 5.92 Å². The van der Waals surface area contributed by atoms with E-state index in [1.54, 1.807) is 0 Å². The monoisotopic (exact) mass is 335 g/mol. The molecule has 1 aliphatic heterocycles. The molecule has 2 heterocycles. The van der Waals surface area contributed by atoms with Crippen molar-refractivity contribution in [1.29, 1.82) is 0 Å². The van der Waals surface area contributed by atoms with Gasteiger partial charge in [-0.1, -0.05) is 43.3 Å². The van der Waals surface area contributed by atoms with Crippen LogP contribution in [0.4, 0.5) is 5.95 Å². The van der Waals surface area contributed by atoms with E-state index in [9.17, 15) is 0 Å². The molecule has 25 heavy (non-hydrogen) atoms. The van der Waals surface area contributed by atoms with E-state index in [1.165, 1.54) is 16.6 Å². The molecule has 1 aromatic heterocycles. The molecule has 4 heteroatoms. The van der Waals surface area contributed by atoms with Crippen LogP contribution in [0.5, 0.6) is 0 Å². The lowest BCUT2D eigenvalue weighted by atomic mass is 10.1. The molecule has 4 rings (SSSR count). The Morgan fingerprint density at radius 1 is 1.16 bits per heavy atom. The van der Waals surface area contributed by atoms with Crippen LogP contribution in [0.15, 0.2) is 48.5 Å². The lowest BCUT2D eigenvalue weighted by Crippen LogP contribution is -2.17. The number of nitrogens with one attached hydrogen (secondary N) is 1. The van der Waals surface area contributed by atoms with Crippen LogP contribution in [0, 0.1) is 5.92 Å². The summed E-state index contributed by atoms with van der Waals surface area (Å²) in [6.07, 6.45) is 2.16. The Bertz CT molecular complexity index is 835. The summed E-state index contributed by atoms with van der Waals surface area (Å²) in [5.74, 6) is 1.54. The standard InChI is InChI=1S/C21H25N3O/c1-2-16-8-9-20-19(12-16)23-21(22-13-18-10-11-25-15-18)24(20)14-17-6-4-3-5-7-17/h3-9,12,18H,2,10-11,13-15H2,1H3,(H,22,23). The van der Waals surface area contributed by atoms with E-state index in [4.69, 9.17) is 9.72 Å². The number of ether oxygens (including phenoxy) is 1. The van der Waals surface area contributed by atoms with Crippen molar-refractivity contribution >= 4 is 17.0 Å². The van der Waals surface area contributed by atoms with Gasteiger partial charge in [0.15, 0.2) is 0 Å². The minimum Gasteiger partial charge on any atom is -0.381 e. The zero-order chi connectivity index (χ0) is 17.1. The number of aryl methyl sites for hydroxylation is 1. The molecule has 0 saturated carbocycles. The number of hydrogen-bond acceptors (Lipinski definition) is 3. The maximum absolute atomic E-state index is 5.49. The van der Waals surface area contributed by atoms with E-state index >= 15 is 0 Å². The average Bonchev–Trinajstić information content (AvgIpc) is 3.28. The minimum atomic E-state index is 0.580. The van der Waals surface area contributed by atoms with Crippen molar-refractivity contribution in [3.63, 3.8) is 0 Å². The van der Waals surface area contributed by atoms with Gasteiger partial charge < -0.3 is 14.6 Å². The van der Waals surface area contributed by atoms with Crippen molar-refractivity contribution in [2.24, 2.45) is 5.92 Å². The van der Waals surface area contributed by atoms with Gasteiger partial charge in [-0.2, -0.15) is 0 Å². The summed E-state index contributed by atoms with van der Waals surface area (Å²) < 4.78 is 7.78. The van der Waals surface area contributed by atoms with Crippen LogP contribution >= 0.6 is 0 Å². The van der Waals surface area contributed by atoms with Gasteiger partial charge in [-0.3, -0.25) is 0 Å². The van der Waals surface area contributed by atoms with E-state index < -0.39 is 0 Å². The molecule has 1 atom stereocenters. The summed E-state index contributed by atoms with van der Waals surface area (Å²) in [4.78, 5) is 4.89. The first-order chi connectivity index (χ1) is 12.3. The van der Waals surface area contributed by atoms with Crippen LogP contribution in [-0.4, -0.2) is 29.3 Å². The van der Waals surface area contributed by atoms with Crippen molar-refractivity contribution in [3.05, 3.63) is 59.7 Å². The zero-order valence-electron chi connectivity index (χ0n) is 14.7. The van der Waals surface area contributed by atoms with Crippen LogP contribution < -0.4 is 5.32 Å². The second-order valence-electron chi connectivity index (χ2n) is 6.79. The zero-order valence-corrected chi connectivity index (χ0v) is 14.7. The smallest absolute Gasteiger partial charge is 0.204 e. The highest BCUT2D eigenvalue weighted by Gasteiger charge is 2.17. The lowest BCUT2D eigenvalue weighted by molar-refractivity contribution is 0.187. The number of fused-ring (bicyclic) bond motifs is 1. The van der Waals surface area contributed by atoms with E-state index in [2.05, 4.69) is 65.3 Å². The number of nitrogens with zero attached hydrogens (tertiary/aromatic N) is 2. The van der Waals surface area contributed by atoms with Crippen LogP contribution in [0.25, 0.3) is 11.0 Å². The highest BCUT2D eigenvalue weighted by Crippen LogP contribution is 2.24. The Labute approximate surface area is 148 Å². The minimum absolute atomic E-state index is 0.580. The van der Waals surface area contributed by atoms with Crippen LogP contribution in [0.3, 0.4) is 0 Å². The summed E-state index contributed by atoms with van der Waals surface area (Å²) in [7, 11) is 0. The third-order valence-corrected chi connectivity index (χ3v) is 4.98. The third-order valence-electron chi connectivity index (χ3n) is 4.98. The molecule has 3 aromatic rings. The van der Waals surface area contributed by atoms with Crippen LogP contribution in [0.2, 0.25) is 0 Å². The molecule has 1 aliphatic rings. The topological polar surface area (TPSA) is 39.1 Å². The van der Waals surface area contributed by atoms with E-state index in [0.717, 1.165) is 50.6 Å². The Morgan fingerprint density at radius 3 is 2.80 bits per heavy atom. The van der Waals surface area contributed by atoms with Crippen molar-refractivity contribution in [2.75, 3.05) is 25.1 Å². The van der Waals surface area contributed by atoms with E-state index in [1.807, 2.05) is 0 Å². The van der Waals surface area contributed by atoms with Gasteiger partial charge in [0.05, 0.1) is 24.2 Å². The number of imidazole rings is 1. The molecule has 1 unspecified atom stereocenters. The molecule has 1 saturated heterocycles. The fourth-order valence-corrected chi connectivity index (χ4v) is 3.44. The van der Waals surface area contributed by atoms with Gasteiger partial charge in [0.25, 0.3) is 0 Å². The quantitative estimate of drug-likeness (QED) is 0.737. The van der Waals surface area contributed by atoms with Gasteiger partial charge in [0.1, 0.15) is 0 Å². The molecule has 0 amide bonds. The number of benzene rings is 2.